The molecule has 1 aromatic heterocycles. The van der Waals surface area contributed by atoms with Gasteiger partial charge in [0.25, 0.3) is 0 Å². The third-order valence-electron chi connectivity index (χ3n) is 4.07. The highest BCUT2D eigenvalue weighted by molar-refractivity contribution is 5.81. The molecule has 1 fully saturated rings. The summed E-state index contributed by atoms with van der Waals surface area (Å²) in [5.41, 5.74) is 8.76. The molecule has 0 bridgehead atoms. The van der Waals surface area contributed by atoms with Gasteiger partial charge in [-0.1, -0.05) is 18.2 Å². The monoisotopic (exact) mass is 256 g/mol. The van der Waals surface area contributed by atoms with Gasteiger partial charge < -0.3 is 10.5 Å². The maximum absolute atomic E-state index is 6.40. The molecule has 1 unspecified atom stereocenters. The summed E-state index contributed by atoms with van der Waals surface area (Å²) in [4.78, 5) is 4.40. The van der Waals surface area contributed by atoms with E-state index in [9.17, 15) is 0 Å². The molecular weight excluding hydrogens is 236 g/mol. The summed E-state index contributed by atoms with van der Waals surface area (Å²) in [7, 11) is 0. The number of aromatic nitrogens is 1. The Bertz CT molecular complexity index is 544. The van der Waals surface area contributed by atoms with Gasteiger partial charge in [-0.3, -0.25) is 4.98 Å². The summed E-state index contributed by atoms with van der Waals surface area (Å²) in [6.45, 7) is 1.71. The molecule has 1 atom stereocenters. The summed E-state index contributed by atoms with van der Waals surface area (Å²) in [5, 5.41) is 1.23. The van der Waals surface area contributed by atoms with Gasteiger partial charge in [-0.25, -0.2) is 0 Å². The Morgan fingerprint density at radius 3 is 2.84 bits per heavy atom. The first-order chi connectivity index (χ1) is 9.34. The molecule has 1 aromatic carbocycles. The van der Waals surface area contributed by atoms with Gasteiger partial charge in [-0.2, -0.15) is 0 Å². The second-order valence-corrected chi connectivity index (χ2v) is 5.31. The van der Waals surface area contributed by atoms with Gasteiger partial charge in [-0.15, -0.1) is 0 Å². The maximum atomic E-state index is 6.40. The lowest BCUT2D eigenvalue weighted by atomic mass is 9.87. The molecule has 1 saturated heterocycles. The summed E-state index contributed by atoms with van der Waals surface area (Å²) in [6, 6.07) is 10.6. The van der Waals surface area contributed by atoms with Crippen molar-refractivity contribution in [1.29, 1.82) is 0 Å². The molecule has 0 saturated carbocycles. The van der Waals surface area contributed by atoms with Crippen LogP contribution in [-0.2, 0) is 11.2 Å². The van der Waals surface area contributed by atoms with Crippen LogP contribution in [0.4, 0.5) is 0 Å². The van der Waals surface area contributed by atoms with Crippen LogP contribution in [0, 0.1) is 5.92 Å². The van der Waals surface area contributed by atoms with Crippen molar-refractivity contribution in [1.82, 2.24) is 4.98 Å². The Kier molecular flexibility index (Phi) is 3.76. The fourth-order valence-corrected chi connectivity index (χ4v) is 2.90. The largest absolute Gasteiger partial charge is 0.381 e. The molecule has 3 nitrogen and oxygen atoms in total. The Morgan fingerprint density at radius 1 is 1.21 bits per heavy atom. The first-order valence-electron chi connectivity index (χ1n) is 7.00. The smallest absolute Gasteiger partial charge is 0.0704 e. The standard InChI is InChI=1S/C16H20N2O/c17-15(12-6-9-19-10-7-12)11-13-5-8-18-16-4-2-1-3-14(13)16/h1-5,8,12,15H,6-7,9-11,17H2. The zero-order chi connectivity index (χ0) is 13.1. The van der Waals surface area contributed by atoms with Crippen molar-refractivity contribution < 1.29 is 4.74 Å². The molecule has 2 heterocycles. The van der Waals surface area contributed by atoms with E-state index in [0.29, 0.717) is 5.92 Å². The van der Waals surface area contributed by atoms with Gasteiger partial charge in [0.05, 0.1) is 5.52 Å². The average molecular weight is 256 g/mol. The number of ether oxygens (including phenoxy) is 1. The summed E-state index contributed by atoms with van der Waals surface area (Å²) < 4.78 is 5.40. The molecule has 1 aliphatic heterocycles. The van der Waals surface area contributed by atoms with Crippen molar-refractivity contribution in [3.63, 3.8) is 0 Å². The van der Waals surface area contributed by atoms with E-state index in [4.69, 9.17) is 10.5 Å². The number of para-hydroxylation sites is 1. The van der Waals surface area contributed by atoms with Crippen molar-refractivity contribution in [2.75, 3.05) is 13.2 Å². The maximum Gasteiger partial charge on any atom is 0.0704 e. The SMILES string of the molecule is NC(Cc1ccnc2ccccc12)C1CCOCC1. The van der Waals surface area contributed by atoms with Gasteiger partial charge in [0.1, 0.15) is 0 Å². The lowest BCUT2D eigenvalue weighted by Crippen LogP contribution is -2.36. The van der Waals surface area contributed by atoms with Gasteiger partial charge in [0, 0.05) is 30.8 Å². The first kappa shape index (κ1) is 12.6. The molecule has 100 valence electrons. The van der Waals surface area contributed by atoms with Crippen LogP contribution in [0.3, 0.4) is 0 Å². The lowest BCUT2D eigenvalue weighted by Gasteiger charge is -2.27. The summed E-state index contributed by atoms with van der Waals surface area (Å²) in [5.74, 6) is 0.584. The predicted molar refractivity (Wildman–Crippen MR) is 77.0 cm³/mol. The minimum Gasteiger partial charge on any atom is -0.381 e. The highest BCUT2D eigenvalue weighted by Crippen LogP contribution is 2.23. The molecular formula is C16H20N2O. The van der Waals surface area contributed by atoms with Crippen LogP contribution in [0.5, 0.6) is 0 Å². The molecule has 0 aliphatic carbocycles. The van der Waals surface area contributed by atoms with Crippen molar-refractivity contribution in [3.8, 4) is 0 Å². The fourth-order valence-electron chi connectivity index (χ4n) is 2.90. The number of nitrogens with zero attached hydrogens (tertiary/aromatic N) is 1. The Balaban J connectivity index is 1.80. The second kappa shape index (κ2) is 5.68. The fraction of sp³-hybridized carbons (Fsp3) is 0.438. The zero-order valence-electron chi connectivity index (χ0n) is 11.1. The second-order valence-electron chi connectivity index (χ2n) is 5.31. The van der Waals surface area contributed by atoms with E-state index in [0.717, 1.165) is 38.0 Å². The van der Waals surface area contributed by atoms with E-state index < -0.39 is 0 Å². The van der Waals surface area contributed by atoms with Crippen LogP contribution < -0.4 is 5.73 Å². The number of rotatable bonds is 3. The van der Waals surface area contributed by atoms with Crippen LogP contribution in [-0.4, -0.2) is 24.2 Å². The molecule has 0 amide bonds. The van der Waals surface area contributed by atoms with Crippen molar-refractivity contribution in [2.45, 2.75) is 25.3 Å². The van der Waals surface area contributed by atoms with E-state index in [1.807, 2.05) is 12.3 Å². The van der Waals surface area contributed by atoms with E-state index in [2.05, 4.69) is 29.2 Å². The average Bonchev–Trinajstić information content (AvgIpc) is 2.48. The van der Waals surface area contributed by atoms with Gasteiger partial charge in [0.15, 0.2) is 0 Å². The van der Waals surface area contributed by atoms with Crippen LogP contribution in [0.15, 0.2) is 36.5 Å². The van der Waals surface area contributed by atoms with Crippen LogP contribution in [0.1, 0.15) is 18.4 Å². The Hall–Kier alpha value is -1.45. The van der Waals surface area contributed by atoms with E-state index >= 15 is 0 Å². The molecule has 3 rings (SSSR count). The number of hydrogen-bond acceptors (Lipinski definition) is 3. The highest BCUT2D eigenvalue weighted by atomic mass is 16.5. The number of nitrogens with two attached hydrogens (primary N) is 1. The third kappa shape index (κ3) is 2.77. The minimum atomic E-state index is 0.217. The van der Waals surface area contributed by atoms with Crippen LogP contribution in [0.25, 0.3) is 10.9 Å². The van der Waals surface area contributed by atoms with Crippen molar-refractivity contribution >= 4 is 10.9 Å². The molecule has 0 spiro atoms. The van der Waals surface area contributed by atoms with Crippen molar-refractivity contribution in [2.24, 2.45) is 11.7 Å². The molecule has 2 aromatic rings. The Morgan fingerprint density at radius 2 is 2.00 bits per heavy atom. The van der Waals surface area contributed by atoms with Gasteiger partial charge >= 0.3 is 0 Å². The molecule has 1 aliphatic rings. The normalized spacial score (nSPS) is 18.6. The van der Waals surface area contributed by atoms with Crippen LogP contribution >= 0.6 is 0 Å². The summed E-state index contributed by atoms with van der Waals surface area (Å²) >= 11 is 0. The molecule has 0 radical (unpaired) electrons. The molecule has 2 N–H and O–H groups in total. The number of benzene rings is 1. The van der Waals surface area contributed by atoms with Gasteiger partial charge in [-0.05, 0) is 42.9 Å². The number of hydrogen-bond donors (Lipinski definition) is 1. The topological polar surface area (TPSA) is 48.1 Å². The molecule has 3 heteroatoms. The lowest BCUT2D eigenvalue weighted by molar-refractivity contribution is 0.0585. The summed E-state index contributed by atoms with van der Waals surface area (Å²) in [6.07, 6.45) is 4.98. The molecule has 19 heavy (non-hydrogen) atoms. The van der Waals surface area contributed by atoms with E-state index in [1.165, 1.54) is 10.9 Å². The first-order valence-corrected chi connectivity index (χ1v) is 7.00. The quantitative estimate of drug-likeness (QED) is 0.918. The number of pyridine rings is 1. The zero-order valence-corrected chi connectivity index (χ0v) is 11.1. The van der Waals surface area contributed by atoms with Gasteiger partial charge in [0.2, 0.25) is 0 Å². The predicted octanol–water partition coefficient (Wildman–Crippen LogP) is 2.53. The minimum absolute atomic E-state index is 0.217. The highest BCUT2D eigenvalue weighted by Gasteiger charge is 2.21. The van der Waals surface area contributed by atoms with E-state index in [-0.39, 0.29) is 6.04 Å². The van der Waals surface area contributed by atoms with Crippen LogP contribution in [0.2, 0.25) is 0 Å². The Labute approximate surface area is 113 Å². The third-order valence-corrected chi connectivity index (χ3v) is 4.07. The van der Waals surface area contributed by atoms with E-state index in [1.54, 1.807) is 0 Å². The number of fused-ring (bicyclic) bond motifs is 1. The van der Waals surface area contributed by atoms with Crippen molar-refractivity contribution in [3.05, 3.63) is 42.1 Å².